The summed E-state index contributed by atoms with van der Waals surface area (Å²) in [5, 5.41) is 3.01. The highest BCUT2D eigenvalue weighted by atomic mass is 127. The van der Waals surface area contributed by atoms with Gasteiger partial charge in [0.25, 0.3) is 0 Å². The van der Waals surface area contributed by atoms with Crippen LogP contribution < -0.4 is 5.32 Å². The van der Waals surface area contributed by atoms with Crippen molar-refractivity contribution in [3.05, 3.63) is 62.2 Å². The molecule has 0 radical (unpaired) electrons. The Morgan fingerprint density at radius 3 is 2.30 bits per heavy atom. The van der Waals surface area contributed by atoms with E-state index in [9.17, 15) is 13.2 Å². The Bertz CT molecular complexity index is 596. The van der Waals surface area contributed by atoms with Crippen molar-refractivity contribution < 1.29 is 13.2 Å². The van der Waals surface area contributed by atoms with E-state index in [2.05, 4.69) is 27.9 Å². The largest absolute Gasteiger partial charge is 0.416 e. The lowest BCUT2D eigenvalue weighted by atomic mass is 10.1. The molecular weight excluding hydrogens is 402 g/mol. The first-order valence-corrected chi connectivity index (χ1v) is 7.16. The predicted octanol–water partition coefficient (Wildman–Crippen LogP) is 5.58. The number of hydrogen-bond acceptors (Lipinski definition) is 1. The molecule has 0 saturated carbocycles. The standard InChI is InChI=1S/C14H10ClF3IN/c15-11-5-10(14(16,17)18)6-13(7-11)20-8-9-1-3-12(19)4-2-9/h1-7,20H,8H2. The molecular formula is C14H10ClF3IN. The summed E-state index contributed by atoms with van der Waals surface area (Å²) in [5.74, 6) is 0. The molecule has 0 heterocycles. The van der Waals surface area contributed by atoms with Crippen molar-refractivity contribution in [1.82, 2.24) is 0 Å². The summed E-state index contributed by atoms with van der Waals surface area (Å²) in [6, 6.07) is 11.2. The first-order chi connectivity index (χ1) is 9.34. The van der Waals surface area contributed by atoms with Gasteiger partial charge in [-0.15, -0.1) is 0 Å². The monoisotopic (exact) mass is 411 g/mol. The SMILES string of the molecule is FC(F)(F)c1cc(Cl)cc(NCc2ccc(I)cc2)c1. The Hall–Kier alpha value is -0.950. The fraction of sp³-hybridized carbons (Fsp3) is 0.143. The fourth-order valence-corrected chi connectivity index (χ4v) is 2.26. The zero-order chi connectivity index (χ0) is 14.8. The minimum absolute atomic E-state index is 0.0601. The molecule has 1 N–H and O–H groups in total. The van der Waals surface area contributed by atoms with E-state index < -0.39 is 11.7 Å². The van der Waals surface area contributed by atoms with E-state index in [-0.39, 0.29) is 5.02 Å². The Morgan fingerprint density at radius 2 is 1.70 bits per heavy atom. The average molecular weight is 412 g/mol. The third kappa shape index (κ3) is 4.28. The molecule has 0 unspecified atom stereocenters. The van der Waals surface area contributed by atoms with Crippen LogP contribution in [0.4, 0.5) is 18.9 Å². The molecule has 106 valence electrons. The minimum Gasteiger partial charge on any atom is -0.381 e. The van der Waals surface area contributed by atoms with Gasteiger partial charge in [-0.2, -0.15) is 13.2 Å². The van der Waals surface area contributed by atoms with Crippen LogP contribution in [0.15, 0.2) is 42.5 Å². The second kappa shape index (κ2) is 6.22. The maximum absolute atomic E-state index is 12.7. The number of halogens is 5. The molecule has 0 saturated heterocycles. The third-order valence-corrected chi connectivity index (χ3v) is 3.57. The van der Waals surface area contributed by atoms with Gasteiger partial charge in [-0.3, -0.25) is 0 Å². The number of rotatable bonds is 3. The van der Waals surface area contributed by atoms with Crippen LogP contribution in [0.25, 0.3) is 0 Å². The van der Waals surface area contributed by atoms with Crippen LogP contribution in [-0.2, 0) is 12.7 Å². The van der Waals surface area contributed by atoms with Gasteiger partial charge in [-0.05, 0) is 58.5 Å². The summed E-state index contributed by atoms with van der Waals surface area (Å²) in [6.45, 7) is 0.439. The maximum atomic E-state index is 12.7. The molecule has 2 aromatic carbocycles. The van der Waals surface area contributed by atoms with E-state index in [1.807, 2.05) is 24.3 Å². The molecule has 0 spiro atoms. The van der Waals surface area contributed by atoms with Crippen molar-refractivity contribution in [1.29, 1.82) is 0 Å². The minimum atomic E-state index is -4.40. The van der Waals surface area contributed by atoms with Crippen LogP contribution in [0.3, 0.4) is 0 Å². The van der Waals surface area contributed by atoms with E-state index >= 15 is 0 Å². The van der Waals surface area contributed by atoms with Gasteiger partial charge in [-0.25, -0.2) is 0 Å². The summed E-state index contributed by atoms with van der Waals surface area (Å²) in [7, 11) is 0. The fourth-order valence-electron chi connectivity index (χ4n) is 1.66. The predicted molar refractivity (Wildman–Crippen MR) is 82.9 cm³/mol. The molecule has 2 aromatic rings. The lowest BCUT2D eigenvalue weighted by Gasteiger charge is -2.12. The summed E-state index contributed by atoms with van der Waals surface area (Å²) in [5.41, 5.74) is 0.581. The van der Waals surface area contributed by atoms with Gasteiger partial charge in [0.05, 0.1) is 5.56 Å². The summed E-state index contributed by atoms with van der Waals surface area (Å²) < 4.78 is 39.1. The van der Waals surface area contributed by atoms with Gasteiger partial charge in [0.15, 0.2) is 0 Å². The highest BCUT2D eigenvalue weighted by Crippen LogP contribution is 2.33. The van der Waals surface area contributed by atoms with Gasteiger partial charge in [-0.1, -0.05) is 23.7 Å². The van der Waals surface area contributed by atoms with Crippen LogP contribution in [0.5, 0.6) is 0 Å². The molecule has 2 rings (SSSR count). The molecule has 0 atom stereocenters. The van der Waals surface area contributed by atoms with Gasteiger partial charge < -0.3 is 5.32 Å². The Morgan fingerprint density at radius 1 is 1.05 bits per heavy atom. The van der Waals surface area contributed by atoms with Crippen LogP contribution in [0.1, 0.15) is 11.1 Å². The summed E-state index contributed by atoms with van der Waals surface area (Å²) in [4.78, 5) is 0. The average Bonchev–Trinajstić information content (AvgIpc) is 2.36. The van der Waals surface area contributed by atoms with Crippen molar-refractivity contribution in [2.24, 2.45) is 0 Å². The number of hydrogen-bond donors (Lipinski definition) is 1. The van der Waals surface area contributed by atoms with E-state index in [4.69, 9.17) is 11.6 Å². The molecule has 20 heavy (non-hydrogen) atoms. The maximum Gasteiger partial charge on any atom is 0.416 e. The second-order valence-corrected chi connectivity index (χ2v) is 5.89. The molecule has 0 bridgehead atoms. The van der Waals surface area contributed by atoms with Crippen molar-refractivity contribution in [3.8, 4) is 0 Å². The van der Waals surface area contributed by atoms with Gasteiger partial charge in [0, 0.05) is 20.8 Å². The zero-order valence-corrected chi connectivity index (χ0v) is 13.1. The number of alkyl halides is 3. The van der Waals surface area contributed by atoms with Crippen molar-refractivity contribution in [3.63, 3.8) is 0 Å². The molecule has 0 amide bonds. The van der Waals surface area contributed by atoms with E-state index in [0.29, 0.717) is 12.2 Å². The second-order valence-electron chi connectivity index (χ2n) is 4.21. The third-order valence-electron chi connectivity index (χ3n) is 2.64. The normalized spacial score (nSPS) is 11.4. The van der Waals surface area contributed by atoms with Crippen LogP contribution in [-0.4, -0.2) is 0 Å². The Labute approximate surface area is 133 Å². The smallest absolute Gasteiger partial charge is 0.381 e. The first-order valence-electron chi connectivity index (χ1n) is 5.71. The summed E-state index contributed by atoms with van der Waals surface area (Å²) >= 11 is 7.91. The zero-order valence-electron chi connectivity index (χ0n) is 10.1. The van der Waals surface area contributed by atoms with Gasteiger partial charge in [0.2, 0.25) is 0 Å². The van der Waals surface area contributed by atoms with Crippen LogP contribution >= 0.6 is 34.2 Å². The molecule has 0 aliphatic rings. The van der Waals surface area contributed by atoms with Crippen molar-refractivity contribution >= 4 is 39.9 Å². The van der Waals surface area contributed by atoms with E-state index in [1.165, 1.54) is 6.07 Å². The first kappa shape index (κ1) is 15.4. The molecule has 0 aliphatic heterocycles. The van der Waals surface area contributed by atoms with Gasteiger partial charge in [0.1, 0.15) is 0 Å². The quantitative estimate of drug-likeness (QED) is 0.651. The van der Waals surface area contributed by atoms with Crippen molar-refractivity contribution in [2.75, 3.05) is 5.32 Å². The van der Waals surface area contributed by atoms with Gasteiger partial charge >= 0.3 is 6.18 Å². The number of anilines is 1. The van der Waals surface area contributed by atoms with E-state index in [1.54, 1.807) is 0 Å². The lowest BCUT2D eigenvalue weighted by molar-refractivity contribution is -0.137. The highest BCUT2D eigenvalue weighted by Gasteiger charge is 2.31. The van der Waals surface area contributed by atoms with Crippen LogP contribution in [0.2, 0.25) is 5.02 Å². The number of nitrogens with one attached hydrogen (secondary N) is 1. The highest BCUT2D eigenvalue weighted by molar-refractivity contribution is 14.1. The molecule has 0 aliphatic carbocycles. The molecule has 0 aromatic heterocycles. The Kier molecular flexibility index (Phi) is 4.80. The lowest BCUT2D eigenvalue weighted by Crippen LogP contribution is -2.06. The number of benzene rings is 2. The summed E-state index contributed by atoms with van der Waals surface area (Å²) in [6.07, 6.45) is -4.40. The Balaban J connectivity index is 2.13. The topological polar surface area (TPSA) is 12.0 Å². The molecule has 6 heteroatoms. The molecule has 1 nitrogen and oxygen atoms in total. The van der Waals surface area contributed by atoms with Crippen LogP contribution in [0, 0.1) is 3.57 Å². The van der Waals surface area contributed by atoms with E-state index in [0.717, 1.165) is 21.3 Å². The van der Waals surface area contributed by atoms with Crippen molar-refractivity contribution in [2.45, 2.75) is 12.7 Å². The molecule has 0 fully saturated rings.